The van der Waals surface area contributed by atoms with Gasteiger partial charge in [0.1, 0.15) is 21.3 Å². The highest BCUT2D eigenvalue weighted by atomic mass is 35.5. The molecule has 3 N–H and O–H groups in total. The fourth-order valence-electron chi connectivity index (χ4n) is 5.08. The van der Waals surface area contributed by atoms with Crippen LogP contribution >= 0.6 is 80.7 Å². The third-order valence-corrected chi connectivity index (χ3v) is 10.8. The summed E-state index contributed by atoms with van der Waals surface area (Å²) >= 11 is 33.5. The van der Waals surface area contributed by atoms with Gasteiger partial charge in [-0.15, -0.1) is 22.7 Å². The summed E-state index contributed by atoms with van der Waals surface area (Å²) in [6, 6.07) is 11.0. The van der Waals surface area contributed by atoms with Crippen LogP contribution in [0.15, 0.2) is 47.2 Å². The highest BCUT2D eigenvalue weighted by Crippen LogP contribution is 2.33. The molecule has 15 heteroatoms. The predicted octanol–water partition coefficient (Wildman–Crippen LogP) is 9.90. The molecule has 6 aromatic rings. The van der Waals surface area contributed by atoms with Crippen LogP contribution in [0.3, 0.4) is 0 Å². The van der Waals surface area contributed by atoms with Crippen LogP contribution in [0.4, 0.5) is 17.6 Å². The number of anilines is 3. The van der Waals surface area contributed by atoms with Crippen LogP contribution in [0.2, 0.25) is 25.4 Å². The molecule has 7 rings (SSSR count). The first-order chi connectivity index (χ1) is 22.7. The average molecular weight is 767 g/mol. The van der Waals surface area contributed by atoms with Crippen LogP contribution in [0, 0.1) is 13.8 Å². The first-order valence-corrected chi connectivity index (χ1v) is 18.3. The second kappa shape index (κ2) is 15.3. The lowest BCUT2D eigenvalue weighted by Gasteiger charge is -2.27. The second-order valence-corrected chi connectivity index (χ2v) is 14.6. The van der Waals surface area contributed by atoms with E-state index in [1.165, 1.54) is 5.56 Å². The van der Waals surface area contributed by atoms with Crippen molar-refractivity contribution in [2.75, 3.05) is 41.7 Å². The van der Waals surface area contributed by atoms with Crippen molar-refractivity contribution in [2.45, 2.75) is 26.9 Å². The SMILES string of the molecule is Cc1csc2nc(Cl)nc(NCc3ccc(Cl)cc3Cl)c12.Cc1csc2nc(N3CCNCC3)nc(NCc3ccc(Cl)cc3Cl)c12. The Morgan fingerprint density at radius 3 is 1.74 bits per heavy atom. The summed E-state index contributed by atoms with van der Waals surface area (Å²) in [6.07, 6.45) is 0. The molecule has 8 nitrogen and oxygen atoms in total. The molecule has 1 saturated heterocycles. The molecule has 0 saturated carbocycles. The zero-order chi connectivity index (χ0) is 33.1. The van der Waals surface area contributed by atoms with Crippen molar-refractivity contribution >= 4 is 119 Å². The molecular formula is C32H29Cl5N8S2. The normalized spacial score (nSPS) is 13.1. The molecule has 1 fully saturated rings. The van der Waals surface area contributed by atoms with Gasteiger partial charge in [0.2, 0.25) is 11.2 Å². The summed E-state index contributed by atoms with van der Waals surface area (Å²) in [5.41, 5.74) is 4.23. The summed E-state index contributed by atoms with van der Waals surface area (Å²) in [6.45, 7) is 8.97. The number of rotatable bonds is 7. The Morgan fingerprint density at radius 1 is 0.702 bits per heavy atom. The molecular weight excluding hydrogens is 738 g/mol. The number of halogens is 5. The maximum atomic E-state index is 6.31. The van der Waals surface area contributed by atoms with Crippen LogP contribution in [-0.2, 0) is 13.1 Å². The smallest absolute Gasteiger partial charge is 0.228 e. The van der Waals surface area contributed by atoms with E-state index in [1.54, 1.807) is 34.8 Å². The number of hydrogen-bond donors (Lipinski definition) is 3. The van der Waals surface area contributed by atoms with Gasteiger partial charge in [-0.2, -0.15) is 4.98 Å². The summed E-state index contributed by atoms with van der Waals surface area (Å²) in [7, 11) is 0. The summed E-state index contributed by atoms with van der Waals surface area (Å²) in [5, 5.41) is 19.1. The number of hydrogen-bond acceptors (Lipinski definition) is 10. The summed E-state index contributed by atoms with van der Waals surface area (Å²) < 4.78 is 0. The van der Waals surface area contributed by atoms with Crippen molar-refractivity contribution < 1.29 is 0 Å². The average Bonchev–Trinajstić information content (AvgIpc) is 3.62. The summed E-state index contributed by atoms with van der Waals surface area (Å²) in [5.74, 6) is 2.36. The van der Waals surface area contributed by atoms with E-state index < -0.39 is 0 Å². The molecule has 2 aromatic carbocycles. The maximum Gasteiger partial charge on any atom is 0.228 e. The number of fused-ring (bicyclic) bond motifs is 2. The Labute approximate surface area is 305 Å². The van der Waals surface area contributed by atoms with Gasteiger partial charge in [-0.3, -0.25) is 0 Å². The van der Waals surface area contributed by atoms with E-state index in [2.05, 4.69) is 43.1 Å². The molecule has 5 heterocycles. The lowest BCUT2D eigenvalue weighted by Crippen LogP contribution is -2.44. The Morgan fingerprint density at radius 2 is 1.21 bits per heavy atom. The van der Waals surface area contributed by atoms with Crippen molar-refractivity contribution in [1.29, 1.82) is 0 Å². The van der Waals surface area contributed by atoms with E-state index in [-0.39, 0.29) is 5.28 Å². The molecule has 1 aliphatic rings. The number of thiophene rings is 2. The van der Waals surface area contributed by atoms with Gasteiger partial charge < -0.3 is 20.9 Å². The molecule has 0 aliphatic carbocycles. The highest BCUT2D eigenvalue weighted by molar-refractivity contribution is 7.17. The van der Waals surface area contributed by atoms with Crippen LogP contribution in [0.5, 0.6) is 0 Å². The monoisotopic (exact) mass is 764 g/mol. The molecule has 244 valence electrons. The van der Waals surface area contributed by atoms with Crippen molar-refractivity contribution in [3.63, 3.8) is 0 Å². The van der Waals surface area contributed by atoms with Gasteiger partial charge in [0.15, 0.2) is 0 Å². The quantitative estimate of drug-likeness (QED) is 0.139. The number of nitrogens with one attached hydrogen (secondary N) is 3. The predicted molar refractivity (Wildman–Crippen MR) is 202 cm³/mol. The van der Waals surface area contributed by atoms with Crippen molar-refractivity contribution in [2.24, 2.45) is 0 Å². The van der Waals surface area contributed by atoms with Crippen LogP contribution in [0.25, 0.3) is 20.4 Å². The van der Waals surface area contributed by atoms with E-state index in [1.807, 2.05) is 36.6 Å². The molecule has 0 atom stereocenters. The van der Waals surface area contributed by atoms with Crippen LogP contribution < -0.4 is 20.9 Å². The Balaban J connectivity index is 0.000000168. The van der Waals surface area contributed by atoms with E-state index in [0.717, 1.165) is 80.9 Å². The zero-order valence-electron chi connectivity index (χ0n) is 25.3. The molecule has 0 bridgehead atoms. The van der Waals surface area contributed by atoms with Gasteiger partial charge >= 0.3 is 0 Å². The number of nitrogens with zero attached hydrogens (tertiary/aromatic N) is 5. The van der Waals surface area contributed by atoms with E-state index in [4.69, 9.17) is 68.0 Å². The zero-order valence-corrected chi connectivity index (χ0v) is 30.7. The van der Waals surface area contributed by atoms with Crippen LogP contribution in [0.1, 0.15) is 22.3 Å². The van der Waals surface area contributed by atoms with Crippen LogP contribution in [-0.4, -0.2) is 46.1 Å². The van der Waals surface area contributed by atoms with E-state index in [0.29, 0.717) is 33.2 Å². The van der Waals surface area contributed by atoms with E-state index >= 15 is 0 Å². The molecule has 0 unspecified atom stereocenters. The molecule has 0 amide bonds. The minimum atomic E-state index is 0.231. The fraction of sp³-hybridized carbons (Fsp3) is 0.250. The largest absolute Gasteiger partial charge is 0.365 e. The van der Waals surface area contributed by atoms with Crippen molar-refractivity contribution in [1.82, 2.24) is 25.3 Å². The minimum Gasteiger partial charge on any atom is -0.365 e. The number of aromatic nitrogens is 4. The second-order valence-electron chi connectivity index (χ2n) is 10.8. The van der Waals surface area contributed by atoms with Gasteiger partial charge in [0.25, 0.3) is 0 Å². The standard InChI is InChI=1S/C18H19Cl2N5S.C14H10Cl3N3S/c1-11-10-26-17-15(11)16(22-9-12-2-3-13(19)8-14(12)20)23-18(24-17)25-6-4-21-5-7-25;1-7-6-21-13-11(7)12(19-14(17)20-13)18-5-8-2-3-9(15)4-10(8)16/h2-3,8,10,21H,4-7,9H2,1H3,(H,22,23,24);2-4,6H,5H2,1H3,(H,18,19,20). The first-order valence-electron chi connectivity index (χ1n) is 14.6. The van der Waals surface area contributed by atoms with Gasteiger partial charge in [0, 0.05) is 59.4 Å². The van der Waals surface area contributed by atoms with Gasteiger partial charge in [0.05, 0.1) is 10.8 Å². The van der Waals surface area contributed by atoms with Gasteiger partial charge in [-0.05, 0) is 82.7 Å². The minimum absolute atomic E-state index is 0.231. The molecule has 1 aliphatic heterocycles. The fourth-order valence-corrected chi connectivity index (χ4v) is 8.09. The molecule has 0 spiro atoms. The Hall–Kier alpha value is -2.67. The lowest BCUT2D eigenvalue weighted by atomic mass is 10.2. The Kier molecular flexibility index (Phi) is 11.1. The molecule has 0 radical (unpaired) electrons. The van der Waals surface area contributed by atoms with Crippen molar-refractivity contribution in [3.05, 3.63) is 94.8 Å². The van der Waals surface area contributed by atoms with E-state index in [9.17, 15) is 0 Å². The molecule has 47 heavy (non-hydrogen) atoms. The first kappa shape index (κ1) is 34.2. The lowest BCUT2D eigenvalue weighted by molar-refractivity contribution is 0.581. The van der Waals surface area contributed by atoms with Gasteiger partial charge in [-0.25, -0.2) is 15.0 Å². The maximum absolute atomic E-state index is 6.31. The number of benzene rings is 2. The molecule has 4 aromatic heterocycles. The number of piperazine rings is 1. The number of aryl methyl sites for hydroxylation is 2. The summed E-state index contributed by atoms with van der Waals surface area (Å²) in [4.78, 5) is 22.2. The Bertz CT molecular complexity index is 2040. The van der Waals surface area contributed by atoms with Gasteiger partial charge in [-0.1, -0.05) is 58.5 Å². The third-order valence-electron chi connectivity index (χ3n) is 7.52. The highest BCUT2D eigenvalue weighted by Gasteiger charge is 2.18. The topological polar surface area (TPSA) is 90.9 Å². The van der Waals surface area contributed by atoms with Crippen molar-refractivity contribution in [3.8, 4) is 0 Å². The third kappa shape index (κ3) is 8.14.